The van der Waals surface area contributed by atoms with Crippen molar-refractivity contribution in [1.29, 1.82) is 0 Å². The van der Waals surface area contributed by atoms with Crippen LogP contribution in [0.15, 0.2) is 85.1 Å². The van der Waals surface area contributed by atoms with Crippen LogP contribution in [0, 0.1) is 0 Å². The van der Waals surface area contributed by atoms with Gasteiger partial charge in [0.25, 0.3) is 0 Å². The molecule has 0 aliphatic heterocycles. The number of hydrogen-bond donors (Lipinski definition) is 0. The summed E-state index contributed by atoms with van der Waals surface area (Å²) in [5.74, 6) is -0.869. The van der Waals surface area contributed by atoms with E-state index in [1.54, 1.807) is 0 Å². The first-order valence-electron chi connectivity index (χ1n) is 35.6. The minimum Gasteiger partial charge on any atom is -0.462 e. The zero-order valence-electron chi connectivity index (χ0n) is 54.5. The van der Waals surface area contributed by atoms with Crippen LogP contribution in [0.25, 0.3) is 0 Å². The second kappa shape index (κ2) is 70.1. The summed E-state index contributed by atoms with van der Waals surface area (Å²) < 4.78 is 17.0. The van der Waals surface area contributed by atoms with Crippen LogP contribution in [-0.2, 0) is 28.6 Å². The Morgan fingerprint density at radius 2 is 0.476 bits per heavy atom. The van der Waals surface area contributed by atoms with Gasteiger partial charge in [0.1, 0.15) is 13.2 Å². The average molecular weight is 1140 g/mol. The first-order valence-corrected chi connectivity index (χ1v) is 35.6. The van der Waals surface area contributed by atoms with Gasteiger partial charge in [-0.05, 0) is 96.3 Å². The van der Waals surface area contributed by atoms with Crippen LogP contribution in [0.2, 0.25) is 0 Å². The van der Waals surface area contributed by atoms with Crippen LogP contribution in [0.4, 0.5) is 0 Å². The highest BCUT2D eigenvalue weighted by Crippen LogP contribution is 2.18. The highest BCUT2D eigenvalue weighted by Gasteiger charge is 2.19. The van der Waals surface area contributed by atoms with E-state index in [0.29, 0.717) is 19.3 Å². The molecule has 0 aromatic carbocycles. The van der Waals surface area contributed by atoms with E-state index >= 15 is 0 Å². The second-order valence-corrected chi connectivity index (χ2v) is 23.8. The molecule has 0 radical (unpaired) electrons. The summed E-state index contributed by atoms with van der Waals surface area (Å²) in [7, 11) is 0. The van der Waals surface area contributed by atoms with Crippen molar-refractivity contribution in [2.75, 3.05) is 13.2 Å². The zero-order chi connectivity index (χ0) is 59.2. The van der Waals surface area contributed by atoms with Crippen molar-refractivity contribution >= 4 is 17.9 Å². The van der Waals surface area contributed by atoms with E-state index in [9.17, 15) is 14.4 Å². The summed E-state index contributed by atoms with van der Waals surface area (Å²) in [6.45, 7) is 6.55. The predicted octanol–water partition coefficient (Wildman–Crippen LogP) is 24.6. The summed E-state index contributed by atoms with van der Waals surface area (Å²) in [6.07, 6.45) is 93.3. The molecule has 0 aromatic heterocycles. The quantitative estimate of drug-likeness (QED) is 0.0261. The maximum Gasteiger partial charge on any atom is 0.306 e. The molecule has 0 aliphatic carbocycles. The maximum absolute atomic E-state index is 12.9. The van der Waals surface area contributed by atoms with E-state index in [4.69, 9.17) is 14.2 Å². The van der Waals surface area contributed by atoms with Gasteiger partial charge in [0.05, 0.1) is 0 Å². The molecule has 0 amide bonds. The van der Waals surface area contributed by atoms with Crippen molar-refractivity contribution < 1.29 is 28.6 Å². The van der Waals surface area contributed by atoms with E-state index in [1.807, 2.05) is 0 Å². The molecule has 0 aliphatic rings. The van der Waals surface area contributed by atoms with Crippen molar-refractivity contribution in [1.82, 2.24) is 0 Å². The van der Waals surface area contributed by atoms with Gasteiger partial charge in [-0.25, -0.2) is 0 Å². The highest BCUT2D eigenvalue weighted by molar-refractivity contribution is 5.71. The number of esters is 3. The van der Waals surface area contributed by atoms with Gasteiger partial charge in [-0.2, -0.15) is 0 Å². The third-order valence-corrected chi connectivity index (χ3v) is 15.6. The van der Waals surface area contributed by atoms with Gasteiger partial charge in [-0.15, -0.1) is 0 Å². The van der Waals surface area contributed by atoms with Gasteiger partial charge in [0, 0.05) is 19.3 Å². The molecule has 0 aromatic rings. The molecular formula is C76H134O6. The van der Waals surface area contributed by atoms with Crippen LogP contribution in [0.5, 0.6) is 0 Å². The van der Waals surface area contributed by atoms with Crippen molar-refractivity contribution in [3.63, 3.8) is 0 Å². The lowest BCUT2D eigenvalue weighted by Crippen LogP contribution is -2.30. The largest absolute Gasteiger partial charge is 0.462 e. The van der Waals surface area contributed by atoms with Gasteiger partial charge < -0.3 is 14.2 Å². The van der Waals surface area contributed by atoms with E-state index in [1.165, 1.54) is 218 Å². The lowest BCUT2D eigenvalue weighted by molar-refractivity contribution is -0.167. The Morgan fingerprint density at radius 1 is 0.256 bits per heavy atom. The Kier molecular flexibility index (Phi) is 67.2. The first-order chi connectivity index (χ1) is 40.5. The molecule has 0 N–H and O–H groups in total. The summed E-state index contributed by atoms with van der Waals surface area (Å²) in [6, 6.07) is 0. The summed E-state index contributed by atoms with van der Waals surface area (Å²) in [4.78, 5) is 38.4. The third kappa shape index (κ3) is 67.4. The lowest BCUT2D eigenvalue weighted by Gasteiger charge is -2.18. The Labute approximate surface area is 509 Å². The fraction of sp³-hybridized carbons (Fsp3) is 0.776. The Bertz CT molecular complexity index is 1550. The second-order valence-electron chi connectivity index (χ2n) is 23.8. The Balaban J connectivity index is 4.23. The van der Waals surface area contributed by atoms with E-state index in [-0.39, 0.29) is 31.1 Å². The van der Waals surface area contributed by atoms with Gasteiger partial charge in [-0.1, -0.05) is 331 Å². The standard InChI is InChI=1S/C76H134O6/c1-4-7-10-13-16-19-22-25-27-29-31-33-35-36-37-38-39-40-42-43-45-47-49-51-54-57-60-63-66-69-75(78)81-72-73(71-80-74(77)68-65-62-59-56-53-24-21-18-15-12-9-6-3)82-76(79)70-67-64-61-58-55-52-50-48-46-44-41-34-32-30-28-26-23-20-17-14-11-8-5-2/h8,11,17,20,22,25-26,28-29,31-32,34,44,46,73H,4-7,9-10,12-16,18-19,21,23-24,27,30,33,35-43,45,47-72H2,1-3H3/b11-8-,20-17-,25-22-,28-26-,31-29-,34-32-,46-44-. The number of carbonyl (C=O) groups excluding carboxylic acids is 3. The molecule has 1 unspecified atom stereocenters. The SMILES string of the molecule is CC/C=C\C/C=C\C/C=C\C/C=C\C/C=C\CCCCCCCCCC(=O)OC(COC(=O)CCCCCCCCCCCCCC)COC(=O)CCCCCCCCCCCCCCCCCCC/C=C\C/C=C\CCCCCCC. The van der Waals surface area contributed by atoms with Gasteiger partial charge in [0.2, 0.25) is 0 Å². The molecule has 0 spiro atoms. The fourth-order valence-corrected chi connectivity index (χ4v) is 10.3. The summed E-state index contributed by atoms with van der Waals surface area (Å²) in [5.41, 5.74) is 0. The molecular weight excluding hydrogens is 1010 g/mol. The number of allylic oxidation sites excluding steroid dienone is 14. The minimum absolute atomic E-state index is 0.0768. The molecule has 1 atom stereocenters. The molecule has 6 nitrogen and oxygen atoms in total. The molecule has 0 rings (SSSR count). The Hall–Kier alpha value is -3.41. The topological polar surface area (TPSA) is 78.9 Å². The van der Waals surface area contributed by atoms with E-state index < -0.39 is 6.10 Å². The molecule has 82 heavy (non-hydrogen) atoms. The first kappa shape index (κ1) is 78.6. The van der Waals surface area contributed by atoms with Crippen LogP contribution >= 0.6 is 0 Å². The van der Waals surface area contributed by atoms with Gasteiger partial charge in [0.15, 0.2) is 6.10 Å². The smallest absolute Gasteiger partial charge is 0.306 e. The maximum atomic E-state index is 12.9. The monoisotopic (exact) mass is 1140 g/mol. The Morgan fingerprint density at radius 3 is 0.744 bits per heavy atom. The van der Waals surface area contributed by atoms with Crippen LogP contribution in [0.1, 0.15) is 361 Å². The summed E-state index contributed by atoms with van der Waals surface area (Å²) in [5, 5.41) is 0. The molecule has 0 saturated carbocycles. The fourth-order valence-electron chi connectivity index (χ4n) is 10.3. The number of unbranched alkanes of at least 4 members (excludes halogenated alkanes) is 40. The van der Waals surface area contributed by atoms with Crippen LogP contribution in [-0.4, -0.2) is 37.2 Å². The van der Waals surface area contributed by atoms with Gasteiger partial charge in [-0.3, -0.25) is 14.4 Å². The third-order valence-electron chi connectivity index (χ3n) is 15.6. The molecule has 474 valence electrons. The molecule has 0 saturated heterocycles. The minimum atomic E-state index is -0.782. The normalized spacial score (nSPS) is 12.6. The number of carbonyl (C=O) groups is 3. The van der Waals surface area contributed by atoms with Gasteiger partial charge >= 0.3 is 17.9 Å². The van der Waals surface area contributed by atoms with Crippen molar-refractivity contribution in [2.45, 2.75) is 367 Å². The summed E-state index contributed by atoms with van der Waals surface area (Å²) >= 11 is 0. The van der Waals surface area contributed by atoms with Crippen LogP contribution < -0.4 is 0 Å². The number of ether oxygens (including phenoxy) is 3. The molecule has 0 heterocycles. The van der Waals surface area contributed by atoms with Crippen molar-refractivity contribution in [3.8, 4) is 0 Å². The van der Waals surface area contributed by atoms with E-state index in [0.717, 1.165) is 103 Å². The number of rotatable bonds is 65. The lowest BCUT2D eigenvalue weighted by atomic mass is 10.0. The molecule has 6 heteroatoms. The zero-order valence-corrected chi connectivity index (χ0v) is 54.5. The van der Waals surface area contributed by atoms with Crippen molar-refractivity contribution in [3.05, 3.63) is 85.1 Å². The highest BCUT2D eigenvalue weighted by atomic mass is 16.6. The van der Waals surface area contributed by atoms with E-state index in [2.05, 4.69) is 106 Å². The predicted molar refractivity (Wildman–Crippen MR) is 358 cm³/mol. The van der Waals surface area contributed by atoms with Crippen LogP contribution in [0.3, 0.4) is 0 Å². The van der Waals surface area contributed by atoms with Crippen molar-refractivity contribution in [2.24, 2.45) is 0 Å². The molecule has 0 fully saturated rings. The molecule has 0 bridgehead atoms. The average Bonchev–Trinajstić information content (AvgIpc) is 3.47. The number of hydrogen-bond acceptors (Lipinski definition) is 6.